The van der Waals surface area contributed by atoms with Crippen LogP contribution in [-0.4, -0.2) is 11.2 Å². The van der Waals surface area contributed by atoms with Crippen molar-refractivity contribution in [1.29, 1.82) is 0 Å². The predicted octanol–water partition coefficient (Wildman–Crippen LogP) is 5.22. The maximum absolute atomic E-state index is 5.72. The summed E-state index contributed by atoms with van der Waals surface area (Å²) in [5.41, 5.74) is 3.42. The number of nitrogens with one attached hydrogen (secondary N) is 2. The van der Waals surface area contributed by atoms with Crippen LogP contribution in [0.4, 0.5) is 5.69 Å². The van der Waals surface area contributed by atoms with Gasteiger partial charge in [0, 0.05) is 11.8 Å². The number of aryl methyl sites for hydroxylation is 1. The molecule has 0 saturated heterocycles. The van der Waals surface area contributed by atoms with Crippen molar-refractivity contribution in [2.24, 2.45) is 0 Å². The SMILES string of the molecule is CCC(NC(=S)Nc1cccc(OC(C)C)c1)c1ccc(C)cc1. The average Bonchev–Trinajstić information content (AvgIpc) is 2.53. The van der Waals surface area contributed by atoms with Gasteiger partial charge in [0.1, 0.15) is 5.75 Å². The maximum Gasteiger partial charge on any atom is 0.171 e. The third-order valence-electron chi connectivity index (χ3n) is 3.66. The zero-order valence-corrected chi connectivity index (χ0v) is 15.6. The number of ether oxygens (including phenoxy) is 1. The van der Waals surface area contributed by atoms with Crippen LogP contribution >= 0.6 is 12.2 Å². The fourth-order valence-electron chi connectivity index (χ4n) is 2.46. The van der Waals surface area contributed by atoms with Gasteiger partial charge in [0.25, 0.3) is 0 Å². The van der Waals surface area contributed by atoms with E-state index in [1.165, 1.54) is 11.1 Å². The van der Waals surface area contributed by atoms with E-state index in [9.17, 15) is 0 Å². The lowest BCUT2D eigenvalue weighted by molar-refractivity contribution is 0.242. The van der Waals surface area contributed by atoms with Crippen molar-refractivity contribution in [3.63, 3.8) is 0 Å². The van der Waals surface area contributed by atoms with E-state index < -0.39 is 0 Å². The van der Waals surface area contributed by atoms with Crippen molar-refractivity contribution in [2.75, 3.05) is 5.32 Å². The summed E-state index contributed by atoms with van der Waals surface area (Å²) in [5, 5.41) is 7.25. The van der Waals surface area contributed by atoms with Gasteiger partial charge in [-0.2, -0.15) is 0 Å². The molecule has 0 aliphatic heterocycles. The Kier molecular flexibility index (Phi) is 6.62. The van der Waals surface area contributed by atoms with E-state index in [2.05, 4.69) is 48.7 Å². The zero-order chi connectivity index (χ0) is 17.5. The average molecular weight is 343 g/mol. The Morgan fingerprint density at radius 3 is 2.46 bits per heavy atom. The lowest BCUT2D eigenvalue weighted by atomic mass is 10.0. The van der Waals surface area contributed by atoms with E-state index in [-0.39, 0.29) is 12.1 Å². The number of benzene rings is 2. The Labute approximate surface area is 150 Å². The van der Waals surface area contributed by atoms with Gasteiger partial charge >= 0.3 is 0 Å². The lowest BCUT2D eigenvalue weighted by Gasteiger charge is -2.20. The standard InChI is InChI=1S/C20H26N2OS/c1-5-19(16-11-9-15(4)10-12-16)22-20(24)21-17-7-6-8-18(13-17)23-14(2)3/h6-14,19H,5H2,1-4H3,(H2,21,22,24). The molecule has 24 heavy (non-hydrogen) atoms. The largest absolute Gasteiger partial charge is 0.491 e. The molecule has 0 spiro atoms. The molecule has 3 nitrogen and oxygen atoms in total. The molecule has 2 aromatic carbocycles. The second-order valence-electron chi connectivity index (χ2n) is 6.16. The highest BCUT2D eigenvalue weighted by Crippen LogP contribution is 2.20. The van der Waals surface area contributed by atoms with E-state index in [1.807, 2.05) is 38.1 Å². The number of anilines is 1. The summed E-state index contributed by atoms with van der Waals surface area (Å²) in [6, 6.07) is 16.6. The van der Waals surface area contributed by atoms with E-state index in [1.54, 1.807) is 0 Å². The maximum atomic E-state index is 5.72. The highest BCUT2D eigenvalue weighted by atomic mass is 32.1. The van der Waals surface area contributed by atoms with Gasteiger partial charge in [0.2, 0.25) is 0 Å². The first kappa shape index (κ1) is 18.3. The second kappa shape index (κ2) is 8.69. The minimum atomic E-state index is 0.149. The molecule has 0 aromatic heterocycles. The van der Waals surface area contributed by atoms with Crippen LogP contribution < -0.4 is 15.4 Å². The van der Waals surface area contributed by atoms with E-state index >= 15 is 0 Å². The Morgan fingerprint density at radius 1 is 1.12 bits per heavy atom. The third kappa shape index (κ3) is 5.53. The molecule has 0 amide bonds. The van der Waals surface area contributed by atoms with E-state index in [4.69, 9.17) is 17.0 Å². The minimum absolute atomic E-state index is 0.149. The molecular formula is C20H26N2OS. The molecule has 1 unspecified atom stereocenters. The van der Waals surface area contributed by atoms with Crippen LogP contribution in [0.1, 0.15) is 44.4 Å². The first-order chi connectivity index (χ1) is 11.5. The molecule has 0 heterocycles. The zero-order valence-electron chi connectivity index (χ0n) is 14.8. The number of rotatable bonds is 6. The van der Waals surface area contributed by atoms with Gasteiger partial charge in [0.05, 0.1) is 12.1 Å². The van der Waals surface area contributed by atoms with Gasteiger partial charge in [-0.1, -0.05) is 42.8 Å². The van der Waals surface area contributed by atoms with Gasteiger partial charge in [0.15, 0.2) is 5.11 Å². The van der Waals surface area contributed by atoms with Gasteiger partial charge in [-0.25, -0.2) is 0 Å². The molecule has 1 atom stereocenters. The fraction of sp³-hybridized carbons (Fsp3) is 0.350. The molecule has 128 valence electrons. The number of thiocarbonyl (C=S) groups is 1. The van der Waals surface area contributed by atoms with Crippen molar-refractivity contribution in [3.8, 4) is 5.75 Å². The van der Waals surface area contributed by atoms with Gasteiger partial charge < -0.3 is 15.4 Å². The van der Waals surface area contributed by atoms with Crippen molar-refractivity contribution in [2.45, 2.75) is 46.3 Å². The Morgan fingerprint density at radius 2 is 1.83 bits per heavy atom. The second-order valence-corrected chi connectivity index (χ2v) is 6.57. The quantitative estimate of drug-likeness (QED) is 0.705. The molecule has 0 aliphatic carbocycles. The summed E-state index contributed by atoms with van der Waals surface area (Å²) < 4.78 is 5.72. The number of hydrogen-bond donors (Lipinski definition) is 2. The molecule has 0 aliphatic rings. The molecule has 2 N–H and O–H groups in total. The lowest BCUT2D eigenvalue weighted by Crippen LogP contribution is -2.32. The fourth-order valence-corrected chi connectivity index (χ4v) is 2.72. The van der Waals surface area contributed by atoms with E-state index in [0.29, 0.717) is 5.11 Å². The Bertz CT molecular complexity index is 668. The first-order valence-corrected chi connectivity index (χ1v) is 8.79. The van der Waals surface area contributed by atoms with Crippen molar-refractivity contribution in [3.05, 3.63) is 59.7 Å². The minimum Gasteiger partial charge on any atom is -0.491 e. The summed E-state index contributed by atoms with van der Waals surface area (Å²) in [4.78, 5) is 0. The monoisotopic (exact) mass is 342 g/mol. The normalized spacial score (nSPS) is 11.9. The summed E-state index contributed by atoms with van der Waals surface area (Å²) in [5.74, 6) is 0.836. The molecule has 0 fully saturated rings. The van der Waals surface area contributed by atoms with Crippen LogP contribution in [-0.2, 0) is 0 Å². The van der Waals surface area contributed by atoms with Crippen LogP contribution in [0.3, 0.4) is 0 Å². The summed E-state index contributed by atoms with van der Waals surface area (Å²) >= 11 is 5.47. The molecule has 4 heteroatoms. The molecule has 2 rings (SSSR count). The van der Waals surface area contributed by atoms with Crippen molar-refractivity contribution < 1.29 is 4.74 Å². The topological polar surface area (TPSA) is 33.3 Å². The van der Waals surface area contributed by atoms with Gasteiger partial charge in [-0.3, -0.25) is 0 Å². The van der Waals surface area contributed by atoms with Crippen LogP contribution in [0, 0.1) is 6.92 Å². The van der Waals surface area contributed by atoms with Crippen LogP contribution in [0.2, 0.25) is 0 Å². The van der Waals surface area contributed by atoms with Gasteiger partial charge in [-0.15, -0.1) is 0 Å². The van der Waals surface area contributed by atoms with Crippen LogP contribution in [0.25, 0.3) is 0 Å². The highest BCUT2D eigenvalue weighted by molar-refractivity contribution is 7.80. The van der Waals surface area contributed by atoms with Crippen LogP contribution in [0.15, 0.2) is 48.5 Å². The molecular weight excluding hydrogens is 316 g/mol. The highest BCUT2D eigenvalue weighted by Gasteiger charge is 2.10. The summed E-state index contributed by atoms with van der Waals surface area (Å²) in [6.07, 6.45) is 1.11. The van der Waals surface area contributed by atoms with Gasteiger partial charge in [-0.05, 0) is 57.1 Å². The van der Waals surface area contributed by atoms with E-state index in [0.717, 1.165) is 17.9 Å². The summed E-state index contributed by atoms with van der Waals surface area (Å²) in [6.45, 7) is 8.27. The molecule has 2 aromatic rings. The van der Waals surface area contributed by atoms with Crippen molar-refractivity contribution >= 4 is 23.0 Å². The third-order valence-corrected chi connectivity index (χ3v) is 3.88. The predicted molar refractivity (Wildman–Crippen MR) is 106 cm³/mol. The smallest absolute Gasteiger partial charge is 0.171 e. The Balaban J connectivity index is 2.00. The van der Waals surface area contributed by atoms with Crippen LogP contribution in [0.5, 0.6) is 5.75 Å². The molecule has 0 bridgehead atoms. The molecule has 0 saturated carbocycles. The van der Waals surface area contributed by atoms with Crippen molar-refractivity contribution in [1.82, 2.24) is 5.32 Å². The Hall–Kier alpha value is -2.07. The molecule has 0 radical (unpaired) electrons. The summed E-state index contributed by atoms with van der Waals surface area (Å²) in [7, 11) is 0. The number of hydrogen-bond acceptors (Lipinski definition) is 2. The first-order valence-electron chi connectivity index (χ1n) is 8.38.